The van der Waals surface area contributed by atoms with E-state index in [1.807, 2.05) is 30.3 Å². The Kier molecular flexibility index (Phi) is 5.35. The quantitative estimate of drug-likeness (QED) is 0.655. The lowest BCUT2D eigenvalue weighted by Gasteiger charge is -2.15. The number of aromatic nitrogens is 2. The second kappa shape index (κ2) is 7.44. The van der Waals surface area contributed by atoms with Crippen LogP contribution in [0, 0.1) is 0 Å². The predicted molar refractivity (Wildman–Crippen MR) is 83.8 cm³/mol. The molecule has 0 aliphatic carbocycles. The fraction of sp³-hybridized carbons (Fsp3) is 0.312. The second-order valence-electron chi connectivity index (χ2n) is 5.09. The van der Waals surface area contributed by atoms with Gasteiger partial charge in [-0.15, -0.1) is 0 Å². The van der Waals surface area contributed by atoms with Gasteiger partial charge in [-0.3, -0.25) is 19.5 Å². The summed E-state index contributed by atoms with van der Waals surface area (Å²) in [7, 11) is 0. The minimum atomic E-state index is -0.526. The number of esters is 1. The Balaban J connectivity index is 2.43. The number of ether oxygens (including phenoxy) is 1. The highest BCUT2D eigenvalue weighted by atomic mass is 16.5. The smallest absolute Gasteiger partial charge is 0.311 e. The number of amides is 1. The summed E-state index contributed by atoms with van der Waals surface area (Å²) < 4.78 is 4.91. The molecule has 0 saturated carbocycles. The van der Waals surface area contributed by atoms with Crippen molar-refractivity contribution in [3.05, 3.63) is 57.5 Å². The number of carbonyl (C=O) groups is 2. The Morgan fingerprint density at radius 2 is 1.91 bits per heavy atom. The van der Waals surface area contributed by atoms with E-state index in [1.54, 1.807) is 6.92 Å². The maximum Gasteiger partial charge on any atom is 0.311 e. The number of H-pyrrole nitrogens is 2. The van der Waals surface area contributed by atoms with E-state index >= 15 is 0 Å². The normalized spacial score (nSPS) is 11.9. The van der Waals surface area contributed by atoms with Crippen molar-refractivity contribution in [1.29, 1.82) is 0 Å². The summed E-state index contributed by atoms with van der Waals surface area (Å²) in [5, 5.41) is 5.16. The third-order valence-electron chi connectivity index (χ3n) is 3.48. The number of hydrogen-bond acceptors (Lipinski definition) is 4. The summed E-state index contributed by atoms with van der Waals surface area (Å²) in [6.07, 6.45) is -0.106. The molecule has 1 aromatic carbocycles. The van der Waals surface area contributed by atoms with Crippen LogP contribution in [0.4, 0.5) is 0 Å². The molecule has 0 saturated heterocycles. The molecule has 0 fully saturated rings. The molecule has 4 N–H and O–H groups in total. The molecule has 0 aliphatic heterocycles. The molecule has 0 spiro atoms. The van der Waals surface area contributed by atoms with Gasteiger partial charge in [-0.25, -0.2) is 0 Å². The zero-order valence-electron chi connectivity index (χ0n) is 12.8. The van der Waals surface area contributed by atoms with Gasteiger partial charge in [0, 0.05) is 17.9 Å². The van der Waals surface area contributed by atoms with Gasteiger partial charge in [0.2, 0.25) is 5.91 Å². The van der Waals surface area contributed by atoms with Crippen LogP contribution in [-0.2, 0) is 20.7 Å². The third-order valence-corrected chi connectivity index (χ3v) is 3.48. The van der Waals surface area contributed by atoms with Gasteiger partial charge in [0.25, 0.3) is 5.56 Å². The average molecular weight is 317 g/mol. The number of rotatable bonds is 7. The number of aromatic amines is 2. The van der Waals surface area contributed by atoms with Gasteiger partial charge in [-0.2, -0.15) is 0 Å². The van der Waals surface area contributed by atoms with E-state index in [0.717, 1.165) is 5.56 Å². The van der Waals surface area contributed by atoms with Crippen LogP contribution in [0.5, 0.6) is 0 Å². The number of carbonyl (C=O) groups excluding carboxylic acids is 2. The molecule has 122 valence electrons. The summed E-state index contributed by atoms with van der Waals surface area (Å²) in [6, 6.07) is 9.10. The van der Waals surface area contributed by atoms with E-state index in [0.29, 0.717) is 11.3 Å². The van der Waals surface area contributed by atoms with E-state index in [2.05, 4.69) is 10.2 Å². The van der Waals surface area contributed by atoms with Crippen molar-refractivity contribution in [3.8, 4) is 0 Å². The van der Waals surface area contributed by atoms with Gasteiger partial charge in [-0.05, 0) is 12.5 Å². The molecule has 1 aromatic heterocycles. The van der Waals surface area contributed by atoms with Crippen LogP contribution in [0.2, 0.25) is 0 Å². The second-order valence-corrected chi connectivity index (χ2v) is 5.09. The van der Waals surface area contributed by atoms with E-state index in [4.69, 9.17) is 10.5 Å². The standard InChI is InChI=1S/C16H19N3O4/c1-2-23-14(21)9-12-15(16(22)19-18-12)11(8-13(17)20)10-6-4-3-5-7-10/h3-7,11H,2,8-9H2,1H3,(H2,17,20)(H2,18,19,22)/t11-/m0/s1. The first kappa shape index (κ1) is 16.5. The SMILES string of the molecule is CCOC(=O)Cc1[nH][nH]c(=O)c1[C@@H](CC(N)=O)c1ccccc1. The number of benzene rings is 1. The first-order valence-corrected chi connectivity index (χ1v) is 7.31. The molecule has 1 heterocycles. The van der Waals surface area contributed by atoms with Gasteiger partial charge in [0.15, 0.2) is 0 Å². The van der Waals surface area contributed by atoms with E-state index in [1.165, 1.54) is 0 Å². The first-order valence-electron chi connectivity index (χ1n) is 7.31. The van der Waals surface area contributed by atoms with Gasteiger partial charge < -0.3 is 15.6 Å². The minimum absolute atomic E-state index is 0.0270. The fourth-order valence-corrected chi connectivity index (χ4v) is 2.54. The van der Waals surface area contributed by atoms with Crippen molar-refractivity contribution >= 4 is 11.9 Å². The third kappa shape index (κ3) is 4.09. The molecule has 0 aliphatic rings. The molecule has 7 heteroatoms. The number of nitrogens with one attached hydrogen (secondary N) is 2. The highest BCUT2D eigenvalue weighted by Gasteiger charge is 2.25. The maximum absolute atomic E-state index is 12.2. The number of hydrogen-bond donors (Lipinski definition) is 3. The van der Waals surface area contributed by atoms with Crippen LogP contribution in [0.1, 0.15) is 36.1 Å². The predicted octanol–water partition coefficient (Wildman–Crippen LogP) is 0.816. The van der Waals surface area contributed by atoms with Crippen molar-refractivity contribution < 1.29 is 14.3 Å². The lowest BCUT2D eigenvalue weighted by molar-refractivity contribution is -0.142. The molecule has 2 rings (SSSR count). The van der Waals surface area contributed by atoms with Crippen molar-refractivity contribution in [2.45, 2.75) is 25.7 Å². The Morgan fingerprint density at radius 1 is 1.22 bits per heavy atom. The van der Waals surface area contributed by atoms with E-state index in [-0.39, 0.29) is 25.0 Å². The van der Waals surface area contributed by atoms with Crippen molar-refractivity contribution in [2.75, 3.05) is 6.61 Å². The topological polar surface area (TPSA) is 118 Å². The maximum atomic E-state index is 12.2. The molecule has 1 amide bonds. The van der Waals surface area contributed by atoms with Crippen LogP contribution < -0.4 is 11.3 Å². The average Bonchev–Trinajstić information content (AvgIpc) is 2.86. The van der Waals surface area contributed by atoms with Crippen molar-refractivity contribution in [3.63, 3.8) is 0 Å². The largest absolute Gasteiger partial charge is 0.466 e. The van der Waals surface area contributed by atoms with E-state index in [9.17, 15) is 14.4 Å². The lowest BCUT2D eigenvalue weighted by Crippen LogP contribution is -2.21. The van der Waals surface area contributed by atoms with Gasteiger partial charge in [0.1, 0.15) is 0 Å². The summed E-state index contributed by atoms with van der Waals surface area (Å²) >= 11 is 0. The van der Waals surface area contributed by atoms with Crippen molar-refractivity contribution in [2.24, 2.45) is 5.73 Å². The van der Waals surface area contributed by atoms with Gasteiger partial charge >= 0.3 is 5.97 Å². The molecular formula is C16H19N3O4. The van der Waals surface area contributed by atoms with Crippen LogP contribution in [0.3, 0.4) is 0 Å². The molecule has 2 aromatic rings. The van der Waals surface area contributed by atoms with Gasteiger partial charge in [-0.1, -0.05) is 30.3 Å². The highest BCUT2D eigenvalue weighted by Crippen LogP contribution is 2.27. The summed E-state index contributed by atoms with van der Waals surface area (Å²) in [6.45, 7) is 1.96. The Hall–Kier alpha value is -2.83. The van der Waals surface area contributed by atoms with Crippen LogP contribution in [0.25, 0.3) is 0 Å². The van der Waals surface area contributed by atoms with Crippen LogP contribution in [0.15, 0.2) is 35.1 Å². The van der Waals surface area contributed by atoms with Gasteiger partial charge in [0.05, 0.1) is 18.7 Å². The molecule has 7 nitrogen and oxygen atoms in total. The Morgan fingerprint density at radius 3 is 2.52 bits per heavy atom. The van der Waals surface area contributed by atoms with Crippen LogP contribution >= 0.6 is 0 Å². The van der Waals surface area contributed by atoms with Crippen molar-refractivity contribution in [1.82, 2.24) is 10.2 Å². The van der Waals surface area contributed by atoms with Crippen LogP contribution in [-0.4, -0.2) is 28.7 Å². The van der Waals surface area contributed by atoms with E-state index < -0.39 is 17.8 Å². The minimum Gasteiger partial charge on any atom is -0.466 e. The zero-order valence-corrected chi connectivity index (χ0v) is 12.8. The zero-order chi connectivity index (χ0) is 16.8. The monoisotopic (exact) mass is 317 g/mol. The number of nitrogens with two attached hydrogens (primary N) is 1. The number of primary amides is 1. The first-order chi connectivity index (χ1) is 11.0. The highest BCUT2D eigenvalue weighted by molar-refractivity contribution is 5.76. The Bertz CT molecular complexity index is 733. The molecule has 0 unspecified atom stereocenters. The molecule has 0 radical (unpaired) electrons. The molecule has 1 atom stereocenters. The molecular weight excluding hydrogens is 298 g/mol. The Labute approximate surface area is 132 Å². The molecule has 23 heavy (non-hydrogen) atoms. The summed E-state index contributed by atoms with van der Waals surface area (Å²) in [5.41, 5.74) is 6.48. The fourth-order valence-electron chi connectivity index (χ4n) is 2.54. The summed E-state index contributed by atoms with van der Waals surface area (Å²) in [4.78, 5) is 35.3. The summed E-state index contributed by atoms with van der Waals surface area (Å²) in [5.74, 6) is -1.50. The molecule has 0 bridgehead atoms. The lowest BCUT2D eigenvalue weighted by atomic mass is 9.88.